The number of fused-ring (bicyclic) bond motifs is 1. The zero-order valence-corrected chi connectivity index (χ0v) is 24.7. The first-order valence-electron chi connectivity index (χ1n) is 12.7. The minimum Gasteiger partial charge on any atom is -0.487 e. The number of allylic oxidation sites excluding steroid dienone is 1. The molecule has 214 valence electrons. The maximum absolute atomic E-state index is 13.9. The molecule has 12 heteroatoms. The largest absolute Gasteiger partial charge is 0.487 e. The van der Waals surface area contributed by atoms with E-state index in [0.29, 0.717) is 43.2 Å². The monoisotopic (exact) mass is 623 g/mol. The molecule has 0 aliphatic carbocycles. The van der Waals surface area contributed by atoms with E-state index in [-0.39, 0.29) is 28.6 Å². The van der Waals surface area contributed by atoms with E-state index in [1.165, 1.54) is 41.2 Å². The predicted molar refractivity (Wildman–Crippen MR) is 161 cm³/mol. The van der Waals surface area contributed by atoms with Gasteiger partial charge in [0, 0.05) is 22.7 Å². The van der Waals surface area contributed by atoms with Crippen molar-refractivity contribution >= 4 is 52.3 Å². The molecule has 2 heterocycles. The van der Waals surface area contributed by atoms with Crippen molar-refractivity contribution in [2.24, 2.45) is 4.99 Å². The van der Waals surface area contributed by atoms with Crippen molar-refractivity contribution in [3.05, 3.63) is 135 Å². The highest BCUT2D eigenvalue weighted by molar-refractivity contribution is 7.07. The van der Waals surface area contributed by atoms with Gasteiger partial charge in [0.05, 0.1) is 38.9 Å². The van der Waals surface area contributed by atoms with Crippen molar-refractivity contribution < 1.29 is 19.2 Å². The summed E-state index contributed by atoms with van der Waals surface area (Å²) in [4.78, 5) is 42.5. The van der Waals surface area contributed by atoms with Crippen molar-refractivity contribution in [3.8, 4) is 5.75 Å². The molecule has 1 aliphatic heterocycles. The number of nitro groups is 1. The molecular formula is C30H23Cl2N3O6S. The topological polar surface area (TPSA) is 113 Å². The number of hydrogen-bond acceptors (Lipinski definition) is 8. The van der Waals surface area contributed by atoms with Gasteiger partial charge in [0.1, 0.15) is 12.4 Å². The van der Waals surface area contributed by atoms with Crippen molar-refractivity contribution in [1.29, 1.82) is 0 Å². The van der Waals surface area contributed by atoms with E-state index in [1.54, 1.807) is 24.3 Å². The standard InChI is InChI=1S/C30H23Cl2N3O6S/c1-3-23-25(29(37)40-2)26(18-7-5-4-6-8-18)34-28(36)24(42-30(34)33-23)14-19-13-20(31)15-22(32)27(19)41-16-17-9-11-21(12-10-17)35(38)39/h4-15,26H,3,16H2,1-2H3/b24-14+/t26-/m0/s1. The van der Waals surface area contributed by atoms with Crippen LogP contribution in [-0.2, 0) is 16.1 Å². The second-order valence-corrected chi connectivity index (χ2v) is 11.1. The molecule has 0 fully saturated rings. The summed E-state index contributed by atoms with van der Waals surface area (Å²) in [5.41, 5.74) is 2.34. The van der Waals surface area contributed by atoms with Gasteiger partial charge in [0.25, 0.3) is 11.2 Å². The van der Waals surface area contributed by atoms with Crippen LogP contribution in [-0.4, -0.2) is 22.6 Å². The minimum absolute atomic E-state index is 0.0327. The van der Waals surface area contributed by atoms with E-state index in [1.807, 2.05) is 37.3 Å². The summed E-state index contributed by atoms with van der Waals surface area (Å²) in [5.74, 6) is -0.267. The number of carbonyl (C=O) groups excluding carboxylic acids is 1. The third-order valence-electron chi connectivity index (χ3n) is 6.62. The van der Waals surface area contributed by atoms with Crippen molar-refractivity contribution in [2.45, 2.75) is 26.0 Å². The third-order valence-corrected chi connectivity index (χ3v) is 8.10. The number of carbonyl (C=O) groups is 1. The minimum atomic E-state index is -0.729. The fraction of sp³-hybridized carbons (Fsp3) is 0.167. The van der Waals surface area contributed by atoms with Gasteiger partial charge in [-0.1, -0.05) is 71.8 Å². The second kappa shape index (κ2) is 12.3. The molecule has 0 amide bonds. The molecule has 42 heavy (non-hydrogen) atoms. The molecular weight excluding hydrogens is 601 g/mol. The SMILES string of the molecule is CCC1=C(C(=O)OC)[C@H](c2ccccc2)n2c(s/c(=C/c3cc(Cl)cc(Cl)c3OCc3ccc([N+](=O)[O-])cc3)c2=O)=N1. The van der Waals surface area contributed by atoms with Crippen molar-refractivity contribution in [2.75, 3.05) is 7.11 Å². The number of aromatic nitrogens is 1. The summed E-state index contributed by atoms with van der Waals surface area (Å²) in [5, 5.41) is 11.5. The Balaban J connectivity index is 1.62. The average Bonchev–Trinajstić information content (AvgIpc) is 3.30. The van der Waals surface area contributed by atoms with Gasteiger partial charge in [-0.05, 0) is 47.9 Å². The lowest BCUT2D eigenvalue weighted by Crippen LogP contribution is -2.40. The lowest BCUT2D eigenvalue weighted by Gasteiger charge is -2.25. The number of halogens is 2. The first-order valence-corrected chi connectivity index (χ1v) is 14.3. The number of thiazole rings is 1. The van der Waals surface area contributed by atoms with E-state index in [9.17, 15) is 19.7 Å². The Kier molecular flexibility index (Phi) is 8.58. The Morgan fingerprint density at radius 1 is 1.14 bits per heavy atom. The molecule has 1 aromatic heterocycles. The fourth-order valence-electron chi connectivity index (χ4n) is 4.67. The zero-order chi connectivity index (χ0) is 30.0. The van der Waals surface area contributed by atoms with Crippen LogP contribution in [0.5, 0.6) is 5.75 Å². The number of methoxy groups -OCH3 is 1. The molecule has 0 bridgehead atoms. The maximum Gasteiger partial charge on any atom is 0.338 e. The summed E-state index contributed by atoms with van der Waals surface area (Å²) in [6.07, 6.45) is 2.09. The summed E-state index contributed by atoms with van der Waals surface area (Å²) in [6, 6.07) is 17.6. The van der Waals surface area contributed by atoms with E-state index in [0.717, 1.165) is 5.56 Å². The van der Waals surface area contributed by atoms with E-state index in [2.05, 4.69) is 4.99 Å². The molecule has 9 nitrogen and oxygen atoms in total. The Morgan fingerprint density at radius 2 is 1.86 bits per heavy atom. The molecule has 0 spiro atoms. The highest BCUT2D eigenvalue weighted by atomic mass is 35.5. The van der Waals surface area contributed by atoms with Crippen LogP contribution in [0.4, 0.5) is 5.69 Å². The van der Waals surface area contributed by atoms with Crippen molar-refractivity contribution in [1.82, 2.24) is 4.57 Å². The molecule has 0 saturated carbocycles. The fourth-order valence-corrected chi connectivity index (χ4v) is 6.24. The molecule has 0 saturated heterocycles. The molecule has 0 N–H and O–H groups in total. The van der Waals surface area contributed by atoms with Crippen LogP contribution in [0, 0.1) is 10.1 Å². The molecule has 1 atom stereocenters. The van der Waals surface area contributed by atoms with Crippen LogP contribution in [0.15, 0.2) is 87.8 Å². The number of benzene rings is 3. The number of ether oxygens (including phenoxy) is 2. The van der Waals surface area contributed by atoms with Gasteiger partial charge in [0.15, 0.2) is 4.80 Å². The van der Waals surface area contributed by atoms with Crippen LogP contribution in [0.1, 0.15) is 36.1 Å². The van der Waals surface area contributed by atoms with Gasteiger partial charge in [-0.25, -0.2) is 9.79 Å². The molecule has 1 aliphatic rings. The quantitative estimate of drug-likeness (QED) is 0.144. The zero-order valence-electron chi connectivity index (χ0n) is 22.4. The Labute approximate surface area is 253 Å². The predicted octanol–water partition coefficient (Wildman–Crippen LogP) is 5.59. The Hall–Kier alpha value is -4.25. The first-order chi connectivity index (χ1) is 20.2. The summed E-state index contributed by atoms with van der Waals surface area (Å²) >= 11 is 14.0. The van der Waals surface area contributed by atoms with Gasteiger partial charge < -0.3 is 9.47 Å². The van der Waals surface area contributed by atoms with Gasteiger partial charge in [0.2, 0.25) is 0 Å². The normalized spacial score (nSPS) is 14.8. The summed E-state index contributed by atoms with van der Waals surface area (Å²) in [7, 11) is 1.30. The number of nitrogens with zero attached hydrogens (tertiary/aromatic N) is 3. The average molecular weight is 625 g/mol. The molecule has 3 aromatic carbocycles. The number of nitro benzene ring substituents is 1. The van der Waals surface area contributed by atoms with E-state index in [4.69, 9.17) is 32.7 Å². The Bertz CT molecular complexity index is 1900. The van der Waals surface area contributed by atoms with Crippen LogP contribution in [0.25, 0.3) is 6.08 Å². The lowest BCUT2D eigenvalue weighted by molar-refractivity contribution is -0.384. The number of esters is 1. The Morgan fingerprint density at radius 3 is 2.50 bits per heavy atom. The lowest BCUT2D eigenvalue weighted by atomic mass is 9.95. The van der Waals surface area contributed by atoms with Gasteiger partial charge >= 0.3 is 5.97 Å². The maximum atomic E-state index is 13.9. The summed E-state index contributed by atoms with van der Waals surface area (Å²) in [6.45, 7) is 1.96. The molecule has 5 rings (SSSR count). The highest BCUT2D eigenvalue weighted by Crippen LogP contribution is 2.34. The van der Waals surface area contributed by atoms with Crippen LogP contribution < -0.4 is 19.6 Å². The van der Waals surface area contributed by atoms with Gasteiger partial charge in [-0.15, -0.1) is 0 Å². The van der Waals surface area contributed by atoms with Crippen LogP contribution in [0.3, 0.4) is 0 Å². The van der Waals surface area contributed by atoms with Crippen LogP contribution in [0.2, 0.25) is 10.0 Å². The second-order valence-electron chi connectivity index (χ2n) is 9.22. The smallest absolute Gasteiger partial charge is 0.338 e. The molecule has 0 unspecified atom stereocenters. The number of hydrogen-bond donors (Lipinski definition) is 0. The number of non-ortho nitro benzene ring substituents is 1. The van der Waals surface area contributed by atoms with E-state index >= 15 is 0 Å². The van der Waals surface area contributed by atoms with E-state index < -0.39 is 16.9 Å². The first kappa shape index (κ1) is 29.2. The highest BCUT2D eigenvalue weighted by Gasteiger charge is 2.33. The van der Waals surface area contributed by atoms with Crippen LogP contribution >= 0.6 is 34.5 Å². The van der Waals surface area contributed by atoms with Gasteiger partial charge in [-0.3, -0.25) is 19.5 Å². The molecule has 4 aromatic rings. The van der Waals surface area contributed by atoms with Gasteiger partial charge in [-0.2, -0.15) is 0 Å². The number of rotatable bonds is 8. The summed E-state index contributed by atoms with van der Waals surface area (Å²) < 4.78 is 13.0. The molecule has 0 radical (unpaired) electrons. The van der Waals surface area contributed by atoms with Crippen molar-refractivity contribution in [3.63, 3.8) is 0 Å². The third kappa shape index (κ3) is 5.74.